The minimum Gasteiger partial charge on any atom is -0.442 e. The van der Waals surface area contributed by atoms with E-state index in [1.807, 2.05) is 34.9 Å². The lowest BCUT2D eigenvalue weighted by Crippen LogP contribution is -2.15. The van der Waals surface area contributed by atoms with Crippen molar-refractivity contribution >= 4 is 41.0 Å². The van der Waals surface area contributed by atoms with E-state index in [4.69, 9.17) is 22.4 Å². The van der Waals surface area contributed by atoms with Crippen LogP contribution in [0.3, 0.4) is 0 Å². The van der Waals surface area contributed by atoms with Gasteiger partial charge in [0.1, 0.15) is 10.4 Å². The number of fused-ring (bicyclic) bond motifs is 3. The summed E-state index contributed by atoms with van der Waals surface area (Å²) in [5.41, 5.74) is 8.20. The molecule has 0 atom stereocenters. The van der Waals surface area contributed by atoms with Gasteiger partial charge in [-0.2, -0.15) is 4.98 Å². The highest BCUT2D eigenvalue weighted by molar-refractivity contribution is 7.99. The molecule has 1 aliphatic rings. The van der Waals surface area contributed by atoms with E-state index in [9.17, 15) is 4.79 Å². The Morgan fingerprint density at radius 3 is 2.88 bits per heavy atom. The molecule has 0 fully saturated rings. The third-order valence-corrected chi connectivity index (χ3v) is 5.74. The standard InChI is InChI=1S/C18H17N3O2S2/c19-14(22)10-25-18-20-16-15(12-7-4-8-13(12)23-16)17(24)21(18)9-11-5-2-1-3-6-11/h1-3,5-6H,4,7-10H2,(H2,19,22). The van der Waals surface area contributed by atoms with E-state index < -0.39 is 0 Å². The Kier molecular flexibility index (Phi) is 4.35. The molecule has 0 radical (unpaired) electrons. The van der Waals surface area contributed by atoms with Gasteiger partial charge < -0.3 is 14.7 Å². The van der Waals surface area contributed by atoms with Gasteiger partial charge in [-0.25, -0.2) is 0 Å². The van der Waals surface area contributed by atoms with Gasteiger partial charge in [0.05, 0.1) is 17.7 Å². The first-order valence-corrected chi connectivity index (χ1v) is 9.53. The van der Waals surface area contributed by atoms with Crippen LogP contribution in [0.2, 0.25) is 0 Å². The average Bonchev–Trinajstić information content (AvgIpc) is 3.17. The van der Waals surface area contributed by atoms with Crippen molar-refractivity contribution in [1.29, 1.82) is 0 Å². The van der Waals surface area contributed by atoms with E-state index in [2.05, 4.69) is 4.98 Å². The summed E-state index contributed by atoms with van der Waals surface area (Å²) in [5, 5.41) is 1.61. The summed E-state index contributed by atoms with van der Waals surface area (Å²) < 4.78 is 8.62. The van der Waals surface area contributed by atoms with E-state index in [-0.39, 0.29) is 11.7 Å². The van der Waals surface area contributed by atoms with E-state index >= 15 is 0 Å². The fraction of sp³-hybridized carbons (Fsp3) is 0.278. The van der Waals surface area contributed by atoms with Gasteiger partial charge in [0.2, 0.25) is 11.6 Å². The van der Waals surface area contributed by atoms with Gasteiger partial charge in [-0.1, -0.05) is 54.3 Å². The van der Waals surface area contributed by atoms with Crippen molar-refractivity contribution < 1.29 is 9.21 Å². The van der Waals surface area contributed by atoms with Gasteiger partial charge in [0.15, 0.2) is 5.16 Å². The van der Waals surface area contributed by atoms with Crippen LogP contribution in [0, 0.1) is 4.64 Å². The highest BCUT2D eigenvalue weighted by Crippen LogP contribution is 2.34. The lowest BCUT2D eigenvalue weighted by molar-refractivity contribution is -0.115. The molecule has 0 saturated heterocycles. The number of nitrogens with zero attached hydrogens (tertiary/aromatic N) is 2. The monoisotopic (exact) mass is 371 g/mol. The van der Waals surface area contributed by atoms with Crippen LogP contribution in [0.25, 0.3) is 11.1 Å². The highest BCUT2D eigenvalue weighted by atomic mass is 32.2. The summed E-state index contributed by atoms with van der Waals surface area (Å²) in [6.07, 6.45) is 3.01. The summed E-state index contributed by atoms with van der Waals surface area (Å²) >= 11 is 7.08. The Morgan fingerprint density at radius 1 is 1.32 bits per heavy atom. The maximum atomic E-state index is 11.2. The van der Waals surface area contributed by atoms with E-state index in [1.165, 1.54) is 17.3 Å². The van der Waals surface area contributed by atoms with E-state index in [1.54, 1.807) is 0 Å². The predicted octanol–water partition coefficient (Wildman–Crippen LogP) is 3.47. The first kappa shape index (κ1) is 16.4. The molecule has 0 unspecified atom stereocenters. The molecule has 1 amide bonds. The zero-order valence-corrected chi connectivity index (χ0v) is 15.2. The van der Waals surface area contributed by atoms with Crippen molar-refractivity contribution in [3.8, 4) is 0 Å². The topological polar surface area (TPSA) is 74.1 Å². The molecule has 4 rings (SSSR count). The Labute approximate surface area is 154 Å². The second kappa shape index (κ2) is 6.65. The molecular weight excluding hydrogens is 354 g/mol. The van der Waals surface area contributed by atoms with Crippen molar-refractivity contribution in [2.24, 2.45) is 5.73 Å². The number of rotatable bonds is 5. The van der Waals surface area contributed by atoms with Crippen LogP contribution in [-0.2, 0) is 24.2 Å². The number of primary amides is 1. The van der Waals surface area contributed by atoms with Gasteiger partial charge in [-0.05, 0) is 18.4 Å². The highest BCUT2D eigenvalue weighted by Gasteiger charge is 2.23. The quantitative estimate of drug-likeness (QED) is 0.422. The molecule has 25 heavy (non-hydrogen) atoms. The molecule has 7 heteroatoms. The van der Waals surface area contributed by atoms with Crippen molar-refractivity contribution in [1.82, 2.24) is 9.55 Å². The Balaban J connectivity index is 1.86. The summed E-state index contributed by atoms with van der Waals surface area (Å²) in [4.78, 5) is 15.9. The molecule has 0 spiro atoms. The van der Waals surface area contributed by atoms with Crippen LogP contribution in [-0.4, -0.2) is 21.2 Å². The number of thioether (sulfide) groups is 1. The van der Waals surface area contributed by atoms with Gasteiger partial charge in [0, 0.05) is 12.0 Å². The lowest BCUT2D eigenvalue weighted by atomic mass is 10.2. The second-order valence-electron chi connectivity index (χ2n) is 6.06. The maximum Gasteiger partial charge on any atom is 0.231 e. The molecule has 0 saturated carbocycles. The largest absolute Gasteiger partial charge is 0.442 e. The Hall–Kier alpha value is -2.12. The van der Waals surface area contributed by atoms with E-state index in [0.29, 0.717) is 22.1 Å². The predicted molar refractivity (Wildman–Crippen MR) is 100 cm³/mol. The fourth-order valence-corrected chi connectivity index (χ4v) is 4.36. The summed E-state index contributed by atoms with van der Waals surface area (Å²) in [5.74, 6) is 0.769. The number of aryl methyl sites for hydroxylation is 2. The lowest BCUT2D eigenvalue weighted by Gasteiger charge is -2.13. The summed E-state index contributed by atoms with van der Waals surface area (Å²) in [6.45, 7) is 0.601. The van der Waals surface area contributed by atoms with Gasteiger partial charge in [0.25, 0.3) is 0 Å². The number of nitrogens with two attached hydrogens (primary N) is 1. The minimum absolute atomic E-state index is 0.155. The van der Waals surface area contributed by atoms with Crippen LogP contribution < -0.4 is 5.73 Å². The van der Waals surface area contributed by atoms with Gasteiger partial charge >= 0.3 is 0 Å². The zero-order chi connectivity index (χ0) is 17.4. The van der Waals surface area contributed by atoms with Crippen molar-refractivity contribution in [3.05, 3.63) is 51.9 Å². The third kappa shape index (κ3) is 3.09. The molecular formula is C18H17N3O2S2. The minimum atomic E-state index is -0.383. The molecule has 2 N–H and O–H groups in total. The van der Waals surface area contributed by atoms with E-state index in [0.717, 1.165) is 36.0 Å². The Bertz CT molecular complexity index is 1010. The number of hydrogen-bond acceptors (Lipinski definition) is 5. The van der Waals surface area contributed by atoms with Crippen LogP contribution in [0.1, 0.15) is 23.3 Å². The smallest absolute Gasteiger partial charge is 0.231 e. The summed E-state index contributed by atoms with van der Waals surface area (Å²) in [6, 6.07) is 10.1. The molecule has 128 valence electrons. The molecule has 5 nitrogen and oxygen atoms in total. The first-order valence-electron chi connectivity index (χ1n) is 8.13. The number of benzene rings is 1. The number of carbonyl (C=O) groups excluding carboxylic acids is 1. The molecule has 3 aromatic rings. The van der Waals surface area contributed by atoms with Crippen LogP contribution in [0.5, 0.6) is 0 Å². The second-order valence-corrected chi connectivity index (χ2v) is 7.39. The van der Waals surface area contributed by atoms with Crippen molar-refractivity contribution in [3.63, 3.8) is 0 Å². The maximum absolute atomic E-state index is 11.2. The molecule has 2 heterocycles. The Morgan fingerprint density at radius 2 is 2.12 bits per heavy atom. The number of furan rings is 1. The first-order chi connectivity index (χ1) is 12.1. The normalized spacial score (nSPS) is 13.3. The average molecular weight is 371 g/mol. The fourth-order valence-electron chi connectivity index (χ4n) is 3.21. The van der Waals surface area contributed by atoms with Gasteiger partial charge in [-0.15, -0.1) is 0 Å². The van der Waals surface area contributed by atoms with Crippen molar-refractivity contribution in [2.75, 3.05) is 5.75 Å². The molecule has 1 aliphatic carbocycles. The van der Waals surface area contributed by atoms with Gasteiger partial charge in [-0.3, -0.25) is 4.79 Å². The molecule has 2 aromatic heterocycles. The van der Waals surface area contributed by atoms with Crippen LogP contribution in [0.4, 0.5) is 0 Å². The summed E-state index contributed by atoms with van der Waals surface area (Å²) in [7, 11) is 0. The van der Waals surface area contributed by atoms with Crippen molar-refractivity contribution in [2.45, 2.75) is 31.0 Å². The SMILES string of the molecule is NC(=O)CSc1nc2oc3c(c2c(=S)n1Cc1ccccc1)CCC3. The molecule has 0 aliphatic heterocycles. The number of amides is 1. The zero-order valence-electron chi connectivity index (χ0n) is 13.5. The third-order valence-electron chi connectivity index (χ3n) is 4.32. The van der Waals surface area contributed by atoms with Crippen LogP contribution >= 0.6 is 24.0 Å². The number of aromatic nitrogens is 2. The number of hydrogen-bond donors (Lipinski definition) is 1. The number of carbonyl (C=O) groups is 1. The molecule has 0 bridgehead atoms. The van der Waals surface area contributed by atoms with Crippen LogP contribution in [0.15, 0.2) is 39.9 Å². The molecule has 1 aromatic carbocycles.